The van der Waals surface area contributed by atoms with E-state index in [4.69, 9.17) is 14.2 Å². The lowest BCUT2D eigenvalue weighted by atomic mass is 10.0. The van der Waals surface area contributed by atoms with Gasteiger partial charge in [-0.25, -0.2) is 0 Å². The van der Waals surface area contributed by atoms with Crippen LogP contribution < -0.4 is 0 Å². The number of hydrogen-bond acceptors (Lipinski definition) is 6. The molecule has 0 spiro atoms. The molecule has 1 unspecified atom stereocenters. The van der Waals surface area contributed by atoms with Crippen LogP contribution in [0.5, 0.6) is 0 Å². The van der Waals surface area contributed by atoms with E-state index in [0.29, 0.717) is 12.8 Å². The average molecular weight is 1140 g/mol. The molecule has 0 aliphatic rings. The van der Waals surface area contributed by atoms with Crippen LogP contribution in [0.4, 0.5) is 0 Å². The van der Waals surface area contributed by atoms with Gasteiger partial charge in [-0.05, 0) is 116 Å². The molecule has 0 saturated carbocycles. The fourth-order valence-electron chi connectivity index (χ4n) is 10.3. The second kappa shape index (κ2) is 70.1. The summed E-state index contributed by atoms with van der Waals surface area (Å²) in [6, 6.07) is 0. The van der Waals surface area contributed by atoms with Crippen LogP contribution in [-0.2, 0) is 28.6 Å². The SMILES string of the molecule is CC/C=C\C/C=C\C/C=C\C/C=C\C/C=C\CCCCCC(=O)OC(COC(=O)CCCCCCCCC/C=C\CCCCCCCCC)COC(=O)CCCCCCCCCCCCCCCCC/C=C\CCCCCCCCCC. The van der Waals surface area contributed by atoms with Gasteiger partial charge in [0.1, 0.15) is 13.2 Å². The van der Waals surface area contributed by atoms with E-state index in [1.54, 1.807) is 0 Å². The van der Waals surface area contributed by atoms with Crippen molar-refractivity contribution in [1.82, 2.24) is 0 Å². The third-order valence-electron chi connectivity index (χ3n) is 15.6. The van der Waals surface area contributed by atoms with E-state index in [2.05, 4.69) is 106 Å². The Hall–Kier alpha value is -3.41. The molecular formula is C76H134O6. The van der Waals surface area contributed by atoms with E-state index in [-0.39, 0.29) is 37.5 Å². The van der Waals surface area contributed by atoms with Gasteiger partial charge in [0, 0.05) is 19.3 Å². The molecule has 474 valence electrons. The summed E-state index contributed by atoms with van der Waals surface area (Å²) < 4.78 is 17.0. The Morgan fingerprint density at radius 1 is 0.256 bits per heavy atom. The molecule has 0 aromatic heterocycles. The predicted octanol–water partition coefficient (Wildman–Crippen LogP) is 24.6. The minimum atomic E-state index is -0.798. The monoisotopic (exact) mass is 1140 g/mol. The van der Waals surface area contributed by atoms with Gasteiger partial charge in [-0.1, -0.05) is 311 Å². The summed E-state index contributed by atoms with van der Waals surface area (Å²) in [6.45, 7) is 6.54. The van der Waals surface area contributed by atoms with Crippen LogP contribution in [0.1, 0.15) is 361 Å². The Labute approximate surface area is 509 Å². The number of carbonyl (C=O) groups is 3. The van der Waals surface area contributed by atoms with Gasteiger partial charge in [-0.2, -0.15) is 0 Å². The third-order valence-corrected chi connectivity index (χ3v) is 15.6. The molecule has 6 heteroatoms. The van der Waals surface area contributed by atoms with Gasteiger partial charge in [-0.15, -0.1) is 0 Å². The second-order valence-electron chi connectivity index (χ2n) is 23.8. The summed E-state index contributed by atoms with van der Waals surface area (Å²) in [5.74, 6) is -0.908. The molecular weight excluding hydrogens is 1010 g/mol. The number of allylic oxidation sites excluding steroid dienone is 14. The molecule has 0 aliphatic heterocycles. The Balaban J connectivity index is 4.35. The van der Waals surface area contributed by atoms with Crippen LogP contribution in [0.3, 0.4) is 0 Å². The van der Waals surface area contributed by atoms with E-state index in [9.17, 15) is 14.4 Å². The van der Waals surface area contributed by atoms with Crippen molar-refractivity contribution in [2.45, 2.75) is 367 Å². The maximum atomic E-state index is 12.9. The topological polar surface area (TPSA) is 78.9 Å². The van der Waals surface area contributed by atoms with Crippen LogP contribution in [0.25, 0.3) is 0 Å². The van der Waals surface area contributed by atoms with E-state index < -0.39 is 6.10 Å². The van der Waals surface area contributed by atoms with Gasteiger partial charge >= 0.3 is 17.9 Å². The number of carbonyl (C=O) groups excluding carboxylic acids is 3. The largest absolute Gasteiger partial charge is 0.462 e. The lowest BCUT2D eigenvalue weighted by Crippen LogP contribution is -2.30. The molecule has 0 heterocycles. The summed E-state index contributed by atoms with van der Waals surface area (Å²) in [5.41, 5.74) is 0. The van der Waals surface area contributed by atoms with Gasteiger partial charge in [0.25, 0.3) is 0 Å². The van der Waals surface area contributed by atoms with Crippen LogP contribution >= 0.6 is 0 Å². The van der Waals surface area contributed by atoms with Gasteiger partial charge in [0.05, 0.1) is 0 Å². The molecule has 0 fully saturated rings. The lowest BCUT2D eigenvalue weighted by Gasteiger charge is -2.18. The van der Waals surface area contributed by atoms with Crippen molar-refractivity contribution in [1.29, 1.82) is 0 Å². The molecule has 82 heavy (non-hydrogen) atoms. The first kappa shape index (κ1) is 78.6. The zero-order valence-electron chi connectivity index (χ0n) is 54.5. The van der Waals surface area contributed by atoms with Crippen LogP contribution in [0.15, 0.2) is 85.1 Å². The highest BCUT2D eigenvalue weighted by Crippen LogP contribution is 2.17. The first-order chi connectivity index (χ1) is 40.5. The van der Waals surface area contributed by atoms with Crippen molar-refractivity contribution < 1.29 is 28.6 Å². The molecule has 1 atom stereocenters. The minimum absolute atomic E-state index is 0.0891. The fourth-order valence-corrected chi connectivity index (χ4v) is 10.3. The highest BCUT2D eigenvalue weighted by atomic mass is 16.6. The maximum Gasteiger partial charge on any atom is 0.306 e. The van der Waals surface area contributed by atoms with Crippen molar-refractivity contribution in [3.8, 4) is 0 Å². The summed E-state index contributed by atoms with van der Waals surface area (Å²) >= 11 is 0. The van der Waals surface area contributed by atoms with Crippen molar-refractivity contribution in [3.63, 3.8) is 0 Å². The molecule has 0 rings (SSSR count). The number of rotatable bonds is 65. The molecule has 0 aromatic rings. The van der Waals surface area contributed by atoms with Crippen LogP contribution in [-0.4, -0.2) is 37.2 Å². The van der Waals surface area contributed by atoms with Crippen LogP contribution in [0, 0.1) is 0 Å². The maximum absolute atomic E-state index is 12.9. The molecule has 0 amide bonds. The quantitative estimate of drug-likeness (QED) is 0.0261. The van der Waals surface area contributed by atoms with E-state index in [0.717, 1.165) is 96.3 Å². The molecule has 0 radical (unpaired) electrons. The normalized spacial score (nSPS) is 12.6. The number of hydrogen-bond donors (Lipinski definition) is 0. The zero-order valence-corrected chi connectivity index (χ0v) is 54.5. The van der Waals surface area contributed by atoms with Gasteiger partial charge < -0.3 is 14.2 Å². The summed E-state index contributed by atoms with van der Waals surface area (Å²) in [6.07, 6.45) is 93.3. The number of unbranched alkanes of at least 4 members (excludes halogenated alkanes) is 40. The Kier molecular flexibility index (Phi) is 67.2. The van der Waals surface area contributed by atoms with Crippen molar-refractivity contribution in [3.05, 3.63) is 85.1 Å². The molecule has 0 aromatic carbocycles. The van der Waals surface area contributed by atoms with Crippen molar-refractivity contribution in [2.24, 2.45) is 0 Å². The molecule has 0 saturated heterocycles. The van der Waals surface area contributed by atoms with Gasteiger partial charge in [-0.3, -0.25) is 14.4 Å². The number of esters is 3. The minimum Gasteiger partial charge on any atom is -0.462 e. The molecule has 0 aliphatic carbocycles. The zero-order chi connectivity index (χ0) is 59.2. The lowest BCUT2D eigenvalue weighted by molar-refractivity contribution is -0.167. The fraction of sp³-hybridized carbons (Fsp3) is 0.776. The third kappa shape index (κ3) is 67.4. The smallest absolute Gasteiger partial charge is 0.306 e. The summed E-state index contributed by atoms with van der Waals surface area (Å²) in [4.78, 5) is 38.5. The Morgan fingerprint density at radius 2 is 0.476 bits per heavy atom. The highest BCUT2D eigenvalue weighted by Gasteiger charge is 2.19. The van der Waals surface area contributed by atoms with Crippen molar-refractivity contribution >= 4 is 17.9 Å². The van der Waals surface area contributed by atoms with Crippen LogP contribution in [0.2, 0.25) is 0 Å². The molecule has 6 nitrogen and oxygen atoms in total. The predicted molar refractivity (Wildman–Crippen MR) is 358 cm³/mol. The molecule has 0 N–H and O–H groups in total. The van der Waals surface area contributed by atoms with E-state index in [1.165, 1.54) is 225 Å². The standard InChI is InChI=1S/C76H134O6/c1-4-7-10-13-16-19-22-25-28-31-34-35-36-37-38-39-40-41-43-45-48-51-54-57-60-63-66-69-75(78)81-72-73(71-80-74(77)68-65-62-59-56-53-50-47-44-33-30-27-24-21-18-15-12-9-6-3)82-76(79)70-67-64-61-58-55-52-49-46-42-32-29-26-23-20-17-14-11-8-5-2/h8,11,17,20,26,29-31,33-34,42,46,52,55,73H,4-7,9-10,12-16,18-19,21-25,27-28,32,35-41,43-45,47-51,53-54,56-72H2,1-3H3/b11-8-,20-17-,29-26-,33-30-,34-31-,46-42-,55-52-. The Morgan fingerprint density at radius 3 is 0.768 bits per heavy atom. The first-order valence-electron chi connectivity index (χ1n) is 35.6. The van der Waals surface area contributed by atoms with Crippen molar-refractivity contribution in [2.75, 3.05) is 13.2 Å². The van der Waals surface area contributed by atoms with Gasteiger partial charge in [0.15, 0.2) is 6.10 Å². The van der Waals surface area contributed by atoms with E-state index >= 15 is 0 Å². The average Bonchev–Trinajstić information content (AvgIpc) is 3.47. The Bertz CT molecular complexity index is 1550. The summed E-state index contributed by atoms with van der Waals surface area (Å²) in [5, 5.41) is 0. The summed E-state index contributed by atoms with van der Waals surface area (Å²) in [7, 11) is 0. The molecule has 0 bridgehead atoms. The second-order valence-corrected chi connectivity index (χ2v) is 23.8. The van der Waals surface area contributed by atoms with Gasteiger partial charge in [0.2, 0.25) is 0 Å². The number of ether oxygens (including phenoxy) is 3. The first-order valence-corrected chi connectivity index (χ1v) is 35.6. The van der Waals surface area contributed by atoms with E-state index in [1.807, 2.05) is 0 Å². The highest BCUT2D eigenvalue weighted by molar-refractivity contribution is 5.71.